The van der Waals surface area contributed by atoms with Gasteiger partial charge in [0.2, 0.25) is 5.91 Å². The van der Waals surface area contributed by atoms with Crippen LogP contribution in [-0.2, 0) is 4.79 Å². The van der Waals surface area contributed by atoms with Crippen molar-refractivity contribution in [3.05, 3.63) is 57.2 Å². The number of hydrogen-bond acceptors (Lipinski definition) is 2. The fourth-order valence-electron chi connectivity index (χ4n) is 2.45. The van der Waals surface area contributed by atoms with Gasteiger partial charge in [0.25, 0.3) is 0 Å². The van der Waals surface area contributed by atoms with E-state index in [2.05, 4.69) is 71.8 Å². The lowest BCUT2D eigenvalue weighted by molar-refractivity contribution is -0.115. The zero-order valence-corrected chi connectivity index (χ0v) is 15.3. The van der Waals surface area contributed by atoms with E-state index < -0.39 is 0 Å². The number of halogens is 1. The molecular formula is C18H21IN2O. The Bertz CT molecular complexity index is 670. The number of hydrogen-bond donors (Lipinski definition) is 1. The second-order valence-electron chi connectivity index (χ2n) is 5.33. The minimum absolute atomic E-state index is 0.00550. The van der Waals surface area contributed by atoms with Gasteiger partial charge < -0.3 is 10.2 Å². The third-order valence-corrected chi connectivity index (χ3v) is 4.50. The number of rotatable bonds is 5. The van der Waals surface area contributed by atoms with Gasteiger partial charge in [0.15, 0.2) is 0 Å². The summed E-state index contributed by atoms with van der Waals surface area (Å²) in [7, 11) is 0. The van der Waals surface area contributed by atoms with Crippen LogP contribution in [0, 0.1) is 17.4 Å². The lowest BCUT2D eigenvalue weighted by atomic mass is 10.1. The molecule has 0 heterocycles. The number of anilines is 2. The summed E-state index contributed by atoms with van der Waals surface area (Å²) in [5, 5.41) is 2.99. The molecule has 22 heavy (non-hydrogen) atoms. The van der Waals surface area contributed by atoms with Gasteiger partial charge in [-0.1, -0.05) is 29.8 Å². The molecule has 0 bridgehead atoms. The summed E-state index contributed by atoms with van der Waals surface area (Å²) in [6.07, 6.45) is 0. The number of nitrogens with zero attached hydrogens (tertiary/aromatic N) is 1. The first-order valence-electron chi connectivity index (χ1n) is 7.38. The molecule has 0 aromatic heterocycles. The highest BCUT2D eigenvalue weighted by Crippen LogP contribution is 2.21. The van der Waals surface area contributed by atoms with E-state index in [4.69, 9.17) is 0 Å². The van der Waals surface area contributed by atoms with Crippen LogP contribution in [0.4, 0.5) is 11.4 Å². The molecule has 2 aromatic carbocycles. The molecule has 0 unspecified atom stereocenters. The highest BCUT2D eigenvalue weighted by atomic mass is 127. The SMILES string of the molecule is CCN(CC(=O)Nc1ccccc1I)c1ccc(C)cc1C. The smallest absolute Gasteiger partial charge is 0.243 e. The highest BCUT2D eigenvalue weighted by molar-refractivity contribution is 14.1. The maximum Gasteiger partial charge on any atom is 0.243 e. The molecule has 0 aliphatic carbocycles. The molecule has 1 amide bonds. The van der Waals surface area contributed by atoms with E-state index in [0.717, 1.165) is 21.5 Å². The molecule has 2 rings (SSSR count). The first-order valence-corrected chi connectivity index (χ1v) is 8.45. The molecule has 0 atom stereocenters. The summed E-state index contributed by atoms with van der Waals surface area (Å²) in [4.78, 5) is 14.4. The number of benzene rings is 2. The van der Waals surface area contributed by atoms with Crippen molar-refractivity contribution in [2.75, 3.05) is 23.3 Å². The maximum atomic E-state index is 12.3. The van der Waals surface area contributed by atoms with Crippen LogP contribution in [0.2, 0.25) is 0 Å². The van der Waals surface area contributed by atoms with Crippen LogP contribution in [0.25, 0.3) is 0 Å². The molecule has 1 N–H and O–H groups in total. The number of amides is 1. The monoisotopic (exact) mass is 408 g/mol. The summed E-state index contributed by atoms with van der Waals surface area (Å²) < 4.78 is 1.04. The van der Waals surface area contributed by atoms with Crippen molar-refractivity contribution in [1.29, 1.82) is 0 Å². The van der Waals surface area contributed by atoms with Crippen molar-refractivity contribution >= 4 is 39.9 Å². The van der Waals surface area contributed by atoms with Gasteiger partial charge in [-0.3, -0.25) is 4.79 Å². The summed E-state index contributed by atoms with van der Waals surface area (Å²) in [5.41, 5.74) is 4.42. The zero-order valence-electron chi connectivity index (χ0n) is 13.2. The van der Waals surface area contributed by atoms with Crippen LogP contribution in [0.1, 0.15) is 18.1 Å². The predicted molar refractivity (Wildman–Crippen MR) is 102 cm³/mol. The number of carbonyl (C=O) groups excluding carboxylic acids is 1. The van der Waals surface area contributed by atoms with Crippen LogP contribution in [0.5, 0.6) is 0 Å². The van der Waals surface area contributed by atoms with Crippen molar-refractivity contribution in [3.63, 3.8) is 0 Å². The Balaban J connectivity index is 2.10. The molecule has 2 aromatic rings. The topological polar surface area (TPSA) is 32.3 Å². The van der Waals surface area contributed by atoms with Crippen LogP contribution in [-0.4, -0.2) is 19.0 Å². The molecule has 0 aliphatic heterocycles. The van der Waals surface area contributed by atoms with Crippen LogP contribution in [0.3, 0.4) is 0 Å². The Labute approximate surface area is 145 Å². The van der Waals surface area contributed by atoms with Crippen molar-refractivity contribution in [2.24, 2.45) is 0 Å². The largest absolute Gasteiger partial charge is 0.362 e. The minimum Gasteiger partial charge on any atom is -0.362 e. The number of nitrogens with one attached hydrogen (secondary N) is 1. The van der Waals surface area contributed by atoms with E-state index in [1.165, 1.54) is 11.1 Å². The fourth-order valence-corrected chi connectivity index (χ4v) is 2.98. The van der Waals surface area contributed by atoms with Crippen molar-refractivity contribution < 1.29 is 4.79 Å². The predicted octanol–water partition coefficient (Wildman–Crippen LogP) is 4.37. The average Bonchev–Trinajstić information content (AvgIpc) is 2.48. The van der Waals surface area contributed by atoms with Crippen molar-refractivity contribution in [2.45, 2.75) is 20.8 Å². The Morgan fingerprint density at radius 3 is 2.55 bits per heavy atom. The van der Waals surface area contributed by atoms with E-state index in [9.17, 15) is 4.79 Å². The molecule has 0 saturated heterocycles. The van der Waals surface area contributed by atoms with Gasteiger partial charge in [0.1, 0.15) is 0 Å². The average molecular weight is 408 g/mol. The van der Waals surface area contributed by atoms with E-state index in [1.54, 1.807) is 0 Å². The molecule has 0 radical (unpaired) electrons. The summed E-state index contributed by atoms with van der Waals surface area (Å²) >= 11 is 2.23. The normalized spacial score (nSPS) is 10.4. The van der Waals surface area contributed by atoms with Crippen molar-refractivity contribution in [1.82, 2.24) is 0 Å². The molecule has 0 saturated carbocycles. The van der Waals surface area contributed by atoms with Crippen LogP contribution >= 0.6 is 22.6 Å². The molecule has 0 spiro atoms. The number of para-hydroxylation sites is 1. The number of carbonyl (C=O) groups is 1. The van der Waals surface area contributed by atoms with Crippen LogP contribution < -0.4 is 10.2 Å². The third kappa shape index (κ3) is 4.22. The van der Waals surface area contributed by atoms with Gasteiger partial charge in [0, 0.05) is 15.8 Å². The fraction of sp³-hybridized carbons (Fsp3) is 0.278. The second-order valence-corrected chi connectivity index (χ2v) is 6.49. The Kier molecular flexibility index (Phi) is 5.83. The van der Waals surface area contributed by atoms with Crippen molar-refractivity contribution in [3.8, 4) is 0 Å². The Morgan fingerprint density at radius 1 is 1.18 bits per heavy atom. The molecular weight excluding hydrogens is 387 g/mol. The Hall–Kier alpha value is -1.56. The van der Waals surface area contributed by atoms with E-state index in [1.807, 2.05) is 24.3 Å². The second kappa shape index (κ2) is 7.63. The summed E-state index contributed by atoms with van der Waals surface area (Å²) in [6.45, 7) is 7.38. The van der Waals surface area contributed by atoms with E-state index >= 15 is 0 Å². The first kappa shape index (κ1) is 16.8. The molecule has 0 aliphatic rings. The lowest BCUT2D eigenvalue weighted by Crippen LogP contribution is -2.33. The number of aryl methyl sites for hydroxylation is 2. The molecule has 0 fully saturated rings. The van der Waals surface area contributed by atoms with E-state index in [-0.39, 0.29) is 5.91 Å². The maximum absolute atomic E-state index is 12.3. The van der Waals surface area contributed by atoms with Gasteiger partial charge in [-0.05, 0) is 67.1 Å². The minimum atomic E-state index is 0.00550. The van der Waals surface area contributed by atoms with Gasteiger partial charge in [-0.15, -0.1) is 0 Å². The zero-order chi connectivity index (χ0) is 16.1. The Morgan fingerprint density at radius 2 is 1.91 bits per heavy atom. The molecule has 116 valence electrons. The third-order valence-electron chi connectivity index (χ3n) is 3.56. The van der Waals surface area contributed by atoms with Gasteiger partial charge >= 0.3 is 0 Å². The first-order chi connectivity index (χ1) is 10.5. The van der Waals surface area contributed by atoms with Gasteiger partial charge in [-0.2, -0.15) is 0 Å². The highest BCUT2D eigenvalue weighted by Gasteiger charge is 2.13. The molecule has 4 heteroatoms. The quantitative estimate of drug-likeness (QED) is 0.746. The van der Waals surface area contributed by atoms with Gasteiger partial charge in [0.05, 0.1) is 12.2 Å². The summed E-state index contributed by atoms with van der Waals surface area (Å²) in [5.74, 6) is 0.00550. The van der Waals surface area contributed by atoms with E-state index in [0.29, 0.717) is 6.54 Å². The standard InChI is InChI=1S/C18H21IN2O/c1-4-21(17-10-9-13(2)11-14(17)3)12-18(22)20-16-8-6-5-7-15(16)19/h5-11H,4,12H2,1-3H3,(H,20,22). The summed E-state index contributed by atoms with van der Waals surface area (Å²) in [6, 6.07) is 14.1. The number of likely N-dealkylation sites (N-methyl/N-ethyl adjacent to an activating group) is 1. The van der Waals surface area contributed by atoms with Gasteiger partial charge in [-0.25, -0.2) is 0 Å². The van der Waals surface area contributed by atoms with Crippen LogP contribution in [0.15, 0.2) is 42.5 Å². The molecule has 3 nitrogen and oxygen atoms in total. The lowest BCUT2D eigenvalue weighted by Gasteiger charge is -2.24.